The average molecular weight is 407 g/mol. The summed E-state index contributed by atoms with van der Waals surface area (Å²) in [6, 6.07) is 9.04. The van der Waals surface area contributed by atoms with Crippen LogP contribution in [0.3, 0.4) is 0 Å². The zero-order chi connectivity index (χ0) is 18.7. The molecular weight excluding hydrogens is 392 g/mol. The normalized spacial score (nSPS) is 11.8. The van der Waals surface area contributed by atoms with Gasteiger partial charge < -0.3 is 10.1 Å². The molecule has 2 aromatic heterocycles. The summed E-state index contributed by atoms with van der Waals surface area (Å²) in [4.78, 5) is 29.8. The number of hydrogen-bond donors (Lipinski definition) is 1. The van der Waals surface area contributed by atoms with E-state index < -0.39 is 18.0 Å². The summed E-state index contributed by atoms with van der Waals surface area (Å²) >= 11 is 8.85. The van der Waals surface area contributed by atoms with Gasteiger partial charge in [-0.1, -0.05) is 23.7 Å². The Morgan fingerprint density at radius 3 is 2.81 bits per heavy atom. The summed E-state index contributed by atoms with van der Waals surface area (Å²) in [6.07, 6.45) is -0.965. The first-order valence-electron chi connectivity index (χ1n) is 7.71. The van der Waals surface area contributed by atoms with Gasteiger partial charge in [-0.05, 0) is 43.0 Å². The Kier molecular flexibility index (Phi) is 5.70. The number of carbonyl (C=O) groups excluding carboxylic acids is 2. The highest BCUT2D eigenvalue weighted by molar-refractivity contribution is 7.20. The van der Waals surface area contributed by atoms with Crippen LogP contribution < -0.4 is 5.32 Å². The first kappa shape index (κ1) is 18.6. The number of ether oxygens (including phenoxy) is 1. The molecule has 0 aliphatic heterocycles. The lowest BCUT2D eigenvalue weighted by atomic mass is 10.2. The lowest BCUT2D eigenvalue weighted by Gasteiger charge is -2.14. The number of anilines is 1. The van der Waals surface area contributed by atoms with Crippen LogP contribution in [-0.4, -0.2) is 23.0 Å². The van der Waals surface area contributed by atoms with Crippen LogP contribution in [0.1, 0.15) is 23.0 Å². The van der Waals surface area contributed by atoms with Crippen molar-refractivity contribution in [3.05, 3.63) is 57.4 Å². The number of carbonyl (C=O) groups is 2. The standard InChI is InChI=1S/C18H15ClN2O3S2/c1-10-5-6-12(19)8-13(10)20-16(22)11(2)24-18(23)14-9-26-17(21-14)15-4-3-7-25-15/h3-9,11H,1-2H3,(H,20,22). The minimum absolute atomic E-state index is 0.192. The maximum Gasteiger partial charge on any atom is 0.358 e. The molecule has 0 saturated carbocycles. The lowest BCUT2D eigenvalue weighted by Crippen LogP contribution is -2.30. The van der Waals surface area contributed by atoms with Crippen molar-refractivity contribution in [2.75, 3.05) is 5.32 Å². The highest BCUT2D eigenvalue weighted by atomic mass is 35.5. The number of benzene rings is 1. The summed E-state index contributed by atoms with van der Waals surface area (Å²) in [5.41, 5.74) is 1.64. The minimum atomic E-state index is -0.965. The van der Waals surface area contributed by atoms with Gasteiger partial charge in [-0.15, -0.1) is 22.7 Å². The number of rotatable bonds is 5. The quantitative estimate of drug-likeness (QED) is 0.604. The Hall–Kier alpha value is -2.22. The van der Waals surface area contributed by atoms with E-state index in [4.69, 9.17) is 16.3 Å². The second-order valence-corrected chi connectivity index (χ2v) is 7.75. The molecule has 1 atom stereocenters. The molecule has 5 nitrogen and oxygen atoms in total. The highest BCUT2D eigenvalue weighted by Gasteiger charge is 2.21. The number of halogens is 1. The van der Waals surface area contributed by atoms with Crippen molar-refractivity contribution in [2.24, 2.45) is 0 Å². The van der Waals surface area contributed by atoms with Gasteiger partial charge in [-0.25, -0.2) is 9.78 Å². The Labute approximate surface area is 163 Å². The van der Waals surface area contributed by atoms with Crippen LogP contribution in [0.15, 0.2) is 41.1 Å². The minimum Gasteiger partial charge on any atom is -0.448 e. The van der Waals surface area contributed by atoms with E-state index in [1.807, 2.05) is 24.4 Å². The van der Waals surface area contributed by atoms with Crippen molar-refractivity contribution in [3.63, 3.8) is 0 Å². The van der Waals surface area contributed by atoms with Gasteiger partial charge in [-0.3, -0.25) is 4.79 Å². The van der Waals surface area contributed by atoms with E-state index in [-0.39, 0.29) is 5.69 Å². The van der Waals surface area contributed by atoms with Gasteiger partial charge in [0.05, 0.1) is 4.88 Å². The maximum absolute atomic E-state index is 12.3. The molecule has 0 bridgehead atoms. The lowest BCUT2D eigenvalue weighted by molar-refractivity contribution is -0.123. The Morgan fingerprint density at radius 1 is 1.27 bits per heavy atom. The van der Waals surface area contributed by atoms with Crippen LogP contribution in [-0.2, 0) is 9.53 Å². The molecule has 0 fully saturated rings. The summed E-state index contributed by atoms with van der Waals surface area (Å²) in [5, 5.41) is 7.55. The van der Waals surface area contributed by atoms with E-state index >= 15 is 0 Å². The van der Waals surface area contributed by atoms with Crippen molar-refractivity contribution in [1.29, 1.82) is 0 Å². The van der Waals surface area contributed by atoms with Crippen LogP contribution in [0.2, 0.25) is 5.02 Å². The van der Waals surface area contributed by atoms with Crippen LogP contribution in [0.5, 0.6) is 0 Å². The van der Waals surface area contributed by atoms with Crippen molar-refractivity contribution >= 4 is 51.8 Å². The zero-order valence-corrected chi connectivity index (χ0v) is 16.4. The van der Waals surface area contributed by atoms with Gasteiger partial charge in [0.2, 0.25) is 0 Å². The number of aryl methyl sites for hydroxylation is 1. The second-order valence-electron chi connectivity index (χ2n) is 5.51. The number of amides is 1. The first-order valence-corrected chi connectivity index (χ1v) is 9.85. The molecule has 1 amide bonds. The summed E-state index contributed by atoms with van der Waals surface area (Å²) in [5.74, 6) is -1.06. The van der Waals surface area contributed by atoms with E-state index in [2.05, 4.69) is 10.3 Å². The predicted octanol–water partition coefficient (Wildman–Crippen LogP) is 5.02. The number of nitrogens with one attached hydrogen (secondary N) is 1. The number of aromatic nitrogens is 1. The highest BCUT2D eigenvalue weighted by Crippen LogP contribution is 2.28. The average Bonchev–Trinajstić information content (AvgIpc) is 3.28. The summed E-state index contributed by atoms with van der Waals surface area (Å²) < 4.78 is 5.23. The van der Waals surface area contributed by atoms with Crippen molar-refractivity contribution < 1.29 is 14.3 Å². The number of thiophene rings is 1. The van der Waals surface area contributed by atoms with E-state index in [1.165, 1.54) is 18.3 Å². The van der Waals surface area contributed by atoms with Gasteiger partial charge in [0.1, 0.15) is 5.01 Å². The van der Waals surface area contributed by atoms with Crippen LogP contribution in [0.25, 0.3) is 9.88 Å². The molecule has 0 aliphatic rings. The first-order chi connectivity index (χ1) is 12.4. The third-order valence-corrected chi connectivity index (χ3v) is 5.67. The van der Waals surface area contributed by atoms with Gasteiger partial charge in [0, 0.05) is 16.1 Å². The molecule has 3 rings (SSSR count). The summed E-state index contributed by atoms with van der Waals surface area (Å²) in [6.45, 7) is 3.36. The second kappa shape index (κ2) is 7.99. The fourth-order valence-corrected chi connectivity index (χ4v) is 3.89. The Morgan fingerprint density at radius 2 is 2.08 bits per heavy atom. The zero-order valence-electron chi connectivity index (χ0n) is 14.0. The molecule has 8 heteroatoms. The topological polar surface area (TPSA) is 68.3 Å². The predicted molar refractivity (Wildman–Crippen MR) is 105 cm³/mol. The number of esters is 1. The largest absolute Gasteiger partial charge is 0.448 e. The van der Waals surface area contributed by atoms with Crippen molar-refractivity contribution in [2.45, 2.75) is 20.0 Å². The maximum atomic E-state index is 12.3. The Balaban J connectivity index is 1.63. The number of nitrogens with zero attached hydrogens (tertiary/aromatic N) is 1. The van der Waals surface area contributed by atoms with Crippen molar-refractivity contribution in [3.8, 4) is 9.88 Å². The third-order valence-electron chi connectivity index (χ3n) is 3.56. The summed E-state index contributed by atoms with van der Waals surface area (Å²) in [7, 11) is 0. The molecule has 0 radical (unpaired) electrons. The molecule has 1 N–H and O–H groups in total. The van der Waals surface area contributed by atoms with Gasteiger partial charge >= 0.3 is 5.97 Å². The molecule has 26 heavy (non-hydrogen) atoms. The van der Waals surface area contributed by atoms with Crippen LogP contribution in [0, 0.1) is 6.92 Å². The van der Waals surface area contributed by atoms with E-state index in [0.29, 0.717) is 10.7 Å². The fraction of sp³-hybridized carbons (Fsp3) is 0.167. The van der Waals surface area contributed by atoms with Gasteiger partial charge in [0.25, 0.3) is 5.91 Å². The number of hydrogen-bond acceptors (Lipinski definition) is 6. The van der Waals surface area contributed by atoms with Gasteiger partial charge in [-0.2, -0.15) is 0 Å². The molecule has 0 saturated heterocycles. The molecular formula is C18H15ClN2O3S2. The van der Waals surface area contributed by atoms with E-state index in [0.717, 1.165) is 15.4 Å². The molecule has 134 valence electrons. The monoisotopic (exact) mass is 406 g/mol. The van der Waals surface area contributed by atoms with Gasteiger partial charge in [0.15, 0.2) is 11.8 Å². The van der Waals surface area contributed by atoms with Crippen molar-refractivity contribution in [1.82, 2.24) is 4.98 Å². The fourth-order valence-electron chi connectivity index (χ4n) is 2.12. The van der Waals surface area contributed by atoms with Crippen LogP contribution >= 0.6 is 34.3 Å². The third kappa shape index (κ3) is 4.30. The molecule has 0 spiro atoms. The molecule has 3 aromatic rings. The smallest absolute Gasteiger partial charge is 0.358 e. The SMILES string of the molecule is Cc1ccc(Cl)cc1NC(=O)C(C)OC(=O)c1csc(-c2cccs2)n1. The molecule has 1 aromatic carbocycles. The Bertz CT molecular complexity index is 938. The molecule has 1 unspecified atom stereocenters. The van der Waals surface area contributed by atoms with Crippen LogP contribution in [0.4, 0.5) is 5.69 Å². The van der Waals surface area contributed by atoms with E-state index in [9.17, 15) is 9.59 Å². The molecule has 2 heterocycles. The molecule has 0 aliphatic carbocycles. The number of thiazole rings is 1. The van der Waals surface area contributed by atoms with E-state index in [1.54, 1.807) is 34.9 Å².